The highest BCUT2D eigenvalue weighted by Crippen LogP contribution is 2.24. The molecular weight excluding hydrogens is 402 g/mol. The Bertz CT molecular complexity index is 1110. The molecule has 1 aromatic heterocycles. The van der Waals surface area contributed by atoms with E-state index < -0.39 is 27.7 Å². The van der Waals surface area contributed by atoms with Crippen molar-refractivity contribution in [3.05, 3.63) is 65.5 Å². The Morgan fingerprint density at radius 3 is 2.45 bits per heavy atom. The van der Waals surface area contributed by atoms with Gasteiger partial charge in [-0.1, -0.05) is 11.2 Å². The number of sulfonamides is 1. The highest BCUT2D eigenvalue weighted by atomic mass is 32.2. The molecule has 3 aromatic rings. The molecule has 0 saturated carbocycles. The van der Waals surface area contributed by atoms with Crippen molar-refractivity contribution >= 4 is 10.0 Å². The van der Waals surface area contributed by atoms with Gasteiger partial charge in [0.2, 0.25) is 10.0 Å². The van der Waals surface area contributed by atoms with Crippen molar-refractivity contribution in [1.82, 2.24) is 19.5 Å². The van der Waals surface area contributed by atoms with Crippen LogP contribution >= 0.6 is 0 Å². The second-order valence-corrected chi connectivity index (χ2v) is 8.11. The molecule has 2 aromatic carbocycles. The third-order valence-corrected chi connectivity index (χ3v) is 5.80. The number of nitrogens with zero attached hydrogens (tertiary/aromatic N) is 3. The van der Waals surface area contributed by atoms with E-state index in [0.29, 0.717) is 23.7 Å². The number of ether oxygens (including phenoxy) is 1. The zero-order valence-electron chi connectivity index (χ0n) is 16.1. The lowest BCUT2D eigenvalue weighted by atomic mass is 10.2. The zero-order chi connectivity index (χ0) is 21.2. The van der Waals surface area contributed by atoms with E-state index >= 15 is 0 Å². The predicted octanol–water partition coefficient (Wildman–Crippen LogP) is 3.72. The smallest absolute Gasteiger partial charge is 0.322 e. The Morgan fingerprint density at radius 2 is 1.83 bits per heavy atom. The van der Waals surface area contributed by atoms with Gasteiger partial charge in [0.1, 0.15) is 17.4 Å². The van der Waals surface area contributed by atoms with E-state index in [2.05, 4.69) is 14.9 Å². The molecule has 7 nitrogen and oxygen atoms in total. The summed E-state index contributed by atoms with van der Waals surface area (Å²) in [7, 11) is -3.98. The van der Waals surface area contributed by atoms with Crippen molar-refractivity contribution in [2.75, 3.05) is 0 Å². The SMILES string of the molecule is CCn1c(Oc2ccc(F)cc2)nnc1[C@@H](C)NS(=O)(=O)c1ccc(C)c(F)c1. The molecule has 154 valence electrons. The maximum absolute atomic E-state index is 13.8. The fourth-order valence-corrected chi connectivity index (χ4v) is 3.91. The van der Waals surface area contributed by atoms with Crippen LogP contribution in [0.25, 0.3) is 0 Å². The number of halogens is 2. The van der Waals surface area contributed by atoms with Gasteiger partial charge in [0.05, 0.1) is 10.9 Å². The monoisotopic (exact) mass is 422 g/mol. The highest BCUT2D eigenvalue weighted by Gasteiger charge is 2.24. The number of nitrogens with one attached hydrogen (secondary N) is 1. The first-order valence-corrected chi connectivity index (χ1v) is 10.3. The summed E-state index contributed by atoms with van der Waals surface area (Å²) in [5, 5.41) is 7.98. The summed E-state index contributed by atoms with van der Waals surface area (Å²) in [6, 6.07) is 8.48. The summed E-state index contributed by atoms with van der Waals surface area (Å²) in [6.45, 7) is 5.37. The molecule has 0 aliphatic heterocycles. The molecule has 0 amide bonds. The van der Waals surface area contributed by atoms with Gasteiger partial charge in [0.25, 0.3) is 0 Å². The van der Waals surface area contributed by atoms with Crippen LogP contribution in [-0.4, -0.2) is 23.2 Å². The first-order valence-electron chi connectivity index (χ1n) is 8.86. The average molecular weight is 422 g/mol. The predicted molar refractivity (Wildman–Crippen MR) is 102 cm³/mol. The molecule has 0 spiro atoms. The topological polar surface area (TPSA) is 86.1 Å². The lowest BCUT2D eigenvalue weighted by Gasteiger charge is -2.15. The quantitative estimate of drug-likeness (QED) is 0.627. The van der Waals surface area contributed by atoms with Crippen LogP contribution in [0.4, 0.5) is 8.78 Å². The minimum atomic E-state index is -3.98. The van der Waals surface area contributed by atoms with Crippen molar-refractivity contribution in [3.8, 4) is 11.8 Å². The molecule has 0 unspecified atom stereocenters. The van der Waals surface area contributed by atoms with Crippen molar-refractivity contribution in [3.63, 3.8) is 0 Å². The van der Waals surface area contributed by atoms with Crippen molar-refractivity contribution in [2.45, 2.75) is 38.3 Å². The van der Waals surface area contributed by atoms with Crippen LogP contribution in [0.1, 0.15) is 31.3 Å². The van der Waals surface area contributed by atoms with E-state index in [4.69, 9.17) is 4.74 Å². The van der Waals surface area contributed by atoms with E-state index in [1.54, 1.807) is 18.4 Å². The maximum Gasteiger partial charge on any atom is 0.322 e. The molecular formula is C19H20F2N4O3S. The van der Waals surface area contributed by atoms with Gasteiger partial charge < -0.3 is 4.74 Å². The van der Waals surface area contributed by atoms with Gasteiger partial charge in [-0.2, -0.15) is 0 Å². The number of benzene rings is 2. The molecule has 3 rings (SSSR count). The summed E-state index contributed by atoms with van der Waals surface area (Å²) in [6.07, 6.45) is 0. The molecule has 0 aliphatic rings. The van der Waals surface area contributed by atoms with Crippen LogP contribution < -0.4 is 9.46 Å². The number of aryl methyl sites for hydroxylation is 1. The molecule has 1 heterocycles. The van der Waals surface area contributed by atoms with Crippen LogP contribution in [0.15, 0.2) is 47.4 Å². The number of hydrogen-bond acceptors (Lipinski definition) is 5. The molecule has 0 saturated heterocycles. The van der Waals surface area contributed by atoms with Crippen LogP contribution in [-0.2, 0) is 16.6 Å². The van der Waals surface area contributed by atoms with E-state index in [1.807, 2.05) is 6.92 Å². The molecule has 0 aliphatic carbocycles. The van der Waals surface area contributed by atoms with Crippen LogP contribution in [0.2, 0.25) is 0 Å². The molecule has 0 radical (unpaired) electrons. The van der Waals surface area contributed by atoms with Gasteiger partial charge in [0, 0.05) is 6.54 Å². The van der Waals surface area contributed by atoms with E-state index in [0.717, 1.165) is 6.07 Å². The van der Waals surface area contributed by atoms with E-state index in [1.165, 1.54) is 36.4 Å². The summed E-state index contributed by atoms with van der Waals surface area (Å²) in [5.41, 5.74) is 0.352. The summed E-state index contributed by atoms with van der Waals surface area (Å²) in [4.78, 5) is -0.183. The van der Waals surface area contributed by atoms with Crippen molar-refractivity contribution in [2.24, 2.45) is 0 Å². The Hall–Kier alpha value is -2.85. The summed E-state index contributed by atoms with van der Waals surface area (Å²) >= 11 is 0. The Balaban J connectivity index is 1.83. The third kappa shape index (κ3) is 4.60. The molecule has 1 N–H and O–H groups in total. The molecule has 1 atom stereocenters. The first kappa shape index (κ1) is 20.9. The van der Waals surface area contributed by atoms with Crippen molar-refractivity contribution < 1.29 is 21.9 Å². The second kappa shape index (κ2) is 8.26. The lowest BCUT2D eigenvalue weighted by molar-refractivity contribution is 0.407. The van der Waals surface area contributed by atoms with Crippen LogP contribution in [0, 0.1) is 18.6 Å². The van der Waals surface area contributed by atoms with Gasteiger partial charge in [-0.15, -0.1) is 5.10 Å². The minimum absolute atomic E-state index is 0.140. The molecule has 0 bridgehead atoms. The van der Waals surface area contributed by atoms with Gasteiger partial charge in [0.15, 0.2) is 5.82 Å². The number of hydrogen-bond donors (Lipinski definition) is 1. The largest absolute Gasteiger partial charge is 0.424 e. The fraction of sp³-hybridized carbons (Fsp3) is 0.263. The molecule has 29 heavy (non-hydrogen) atoms. The number of aromatic nitrogens is 3. The number of rotatable bonds is 7. The van der Waals surface area contributed by atoms with Crippen LogP contribution in [0.3, 0.4) is 0 Å². The normalized spacial score (nSPS) is 12.7. The van der Waals surface area contributed by atoms with Crippen molar-refractivity contribution in [1.29, 1.82) is 0 Å². The summed E-state index contributed by atoms with van der Waals surface area (Å²) in [5.74, 6) is -0.318. The van der Waals surface area contributed by atoms with Gasteiger partial charge in [-0.25, -0.2) is 21.9 Å². The van der Waals surface area contributed by atoms with E-state index in [9.17, 15) is 17.2 Å². The zero-order valence-corrected chi connectivity index (χ0v) is 16.9. The minimum Gasteiger partial charge on any atom is -0.424 e. The average Bonchev–Trinajstić information content (AvgIpc) is 3.08. The fourth-order valence-electron chi connectivity index (χ4n) is 2.70. The lowest BCUT2D eigenvalue weighted by Crippen LogP contribution is -2.29. The van der Waals surface area contributed by atoms with Gasteiger partial charge in [-0.3, -0.25) is 4.57 Å². The second-order valence-electron chi connectivity index (χ2n) is 6.39. The summed E-state index contributed by atoms with van der Waals surface area (Å²) < 4.78 is 61.7. The Labute approximate surface area is 167 Å². The Morgan fingerprint density at radius 1 is 1.14 bits per heavy atom. The molecule has 10 heteroatoms. The van der Waals surface area contributed by atoms with Crippen LogP contribution in [0.5, 0.6) is 11.8 Å². The van der Waals surface area contributed by atoms with Gasteiger partial charge >= 0.3 is 6.01 Å². The maximum atomic E-state index is 13.8. The first-order chi connectivity index (χ1) is 13.7. The molecule has 0 fully saturated rings. The Kier molecular flexibility index (Phi) is 5.94. The standard InChI is InChI=1S/C19H20F2N4O3S/c1-4-25-18(22-23-19(25)28-15-8-6-14(20)7-9-15)13(3)24-29(26,27)16-10-5-12(2)17(21)11-16/h5-11,13,24H,4H2,1-3H3/t13-/m1/s1. The highest BCUT2D eigenvalue weighted by molar-refractivity contribution is 7.89. The van der Waals surface area contributed by atoms with E-state index in [-0.39, 0.29) is 10.9 Å². The van der Waals surface area contributed by atoms with Gasteiger partial charge in [-0.05, 0) is 62.7 Å². The third-order valence-electron chi connectivity index (χ3n) is 4.26.